The normalized spacial score (nSPS) is 12.9. The van der Waals surface area contributed by atoms with Gasteiger partial charge in [0.1, 0.15) is 34.9 Å². The Kier molecular flexibility index (Phi) is 6.96. The number of alkyl halides is 6. The zero-order valence-corrected chi connectivity index (χ0v) is 22.6. The van der Waals surface area contributed by atoms with Gasteiger partial charge in [-0.05, 0) is 23.8 Å². The van der Waals surface area contributed by atoms with Gasteiger partial charge in [-0.15, -0.1) is 5.10 Å². The second-order valence-electron chi connectivity index (χ2n) is 8.93. The molecule has 0 spiro atoms. The van der Waals surface area contributed by atoms with Crippen LogP contribution in [0.3, 0.4) is 0 Å². The third kappa shape index (κ3) is 5.27. The van der Waals surface area contributed by atoms with Gasteiger partial charge < -0.3 is 4.74 Å². The average Bonchev–Trinajstić information content (AvgIpc) is 3.64. The van der Waals surface area contributed by atoms with Crippen LogP contribution in [0.15, 0.2) is 49.1 Å². The lowest BCUT2D eigenvalue weighted by Crippen LogP contribution is -2.27. The standard InChI is InChI=1S/C23H19F6N9O3S/c1-35(2)42(39,40)36-11-15(30-12-36)18-17(32-21-31-16(22(24,25)26)8-9-37(18)21)19-33-20(23(27,28)29)34-38(19)10-13-4-6-14(41-3)7-5-13/h4-9,11-12H,10H2,1-3H3. The van der Waals surface area contributed by atoms with Crippen molar-refractivity contribution in [1.82, 2.24) is 42.4 Å². The van der Waals surface area contributed by atoms with Crippen molar-refractivity contribution in [3.8, 4) is 28.7 Å². The van der Waals surface area contributed by atoms with Crippen molar-refractivity contribution in [3.05, 3.63) is 66.1 Å². The van der Waals surface area contributed by atoms with Crippen molar-refractivity contribution in [2.24, 2.45) is 0 Å². The number of methoxy groups -OCH3 is 1. The molecule has 0 saturated heterocycles. The first-order valence-electron chi connectivity index (χ1n) is 11.7. The number of hydrogen-bond acceptors (Lipinski definition) is 8. The number of aromatic nitrogens is 8. The van der Waals surface area contributed by atoms with Crippen LogP contribution in [0.2, 0.25) is 0 Å². The van der Waals surface area contributed by atoms with Crippen LogP contribution >= 0.6 is 0 Å². The zero-order valence-electron chi connectivity index (χ0n) is 21.8. The molecule has 0 aliphatic heterocycles. The van der Waals surface area contributed by atoms with Crippen LogP contribution in [-0.2, 0) is 29.1 Å². The molecule has 1 aromatic carbocycles. The van der Waals surface area contributed by atoms with E-state index in [1.54, 1.807) is 24.3 Å². The van der Waals surface area contributed by atoms with Gasteiger partial charge in [-0.25, -0.2) is 28.6 Å². The minimum atomic E-state index is -4.98. The summed E-state index contributed by atoms with van der Waals surface area (Å²) in [7, 11) is -0.111. The number of nitrogens with zero attached hydrogens (tertiary/aromatic N) is 9. The molecule has 0 aliphatic carbocycles. The zero-order chi connectivity index (χ0) is 30.6. The predicted octanol–water partition coefficient (Wildman–Crippen LogP) is 3.60. The summed E-state index contributed by atoms with van der Waals surface area (Å²) >= 11 is 0. The van der Waals surface area contributed by atoms with Gasteiger partial charge in [0.05, 0.1) is 19.9 Å². The molecule has 5 aromatic rings. The summed E-state index contributed by atoms with van der Waals surface area (Å²) in [6.07, 6.45) is -6.93. The van der Waals surface area contributed by atoms with Crippen molar-refractivity contribution in [2.75, 3.05) is 21.2 Å². The Morgan fingerprint density at radius 2 is 1.64 bits per heavy atom. The third-order valence-electron chi connectivity index (χ3n) is 5.94. The Hall–Kier alpha value is -4.52. The molecule has 12 nitrogen and oxygen atoms in total. The van der Waals surface area contributed by atoms with Crippen molar-refractivity contribution < 1.29 is 39.5 Å². The fourth-order valence-corrected chi connectivity index (χ4v) is 4.66. The van der Waals surface area contributed by atoms with E-state index in [1.807, 2.05) is 0 Å². The second-order valence-corrected chi connectivity index (χ2v) is 11.0. The lowest BCUT2D eigenvalue weighted by Gasteiger charge is -2.10. The van der Waals surface area contributed by atoms with Gasteiger partial charge in [-0.3, -0.25) is 4.40 Å². The number of fused-ring (bicyclic) bond motifs is 1. The molecular weight excluding hydrogens is 596 g/mol. The Labute approximate surface area is 233 Å². The first-order valence-corrected chi connectivity index (χ1v) is 13.1. The Morgan fingerprint density at radius 1 is 0.952 bits per heavy atom. The van der Waals surface area contributed by atoms with Crippen LogP contribution < -0.4 is 4.74 Å². The van der Waals surface area contributed by atoms with Crippen LogP contribution in [0.4, 0.5) is 26.3 Å². The van der Waals surface area contributed by atoms with Gasteiger partial charge in [0, 0.05) is 20.3 Å². The Morgan fingerprint density at radius 3 is 2.24 bits per heavy atom. The number of imidazole rings is 2. The molecule has 0 atom stereocenters. The molecular formula is C23H19F6N9O3S. The van der Waals surface area contributed by atoms with E-state index in [1.165, 1.54) is 21.2 Å². The Bertz CT molecular complexity index is 1870. The van der Waals surface area contributed by atoms with E-state index in [0.717, 1.165) is 36.1 Å². The molecule has 0 radical (unpaired) electrons. The maximum absolute atomic E-state index is 13.8. The quantitative estimate of drug-likeness (QED) is 0.255. The molecule has 222 valence electrons. The summed E-state index contributed by atoms with van der Waals surface area (Å²) in [6.45, 7) is -0.250. The average molecular weight is 616 g/mol. The maximum Gasteiger partial charge on any atom is 0.453 e. The second kappa shape index (κ2) is 10.1. The molecule has 0 unspecified atom stereocenters. The molecule has 5 rings (SSSR count). The molecule has 0 saturated carbocycles. The van der Waals surface area contributed by atoms with Crippen LogP contribution in [0.1, 0.15) is 17.1 Å². The fourth-order valence-electron chi connectivity index (χ4n) is 3.88. The number of rotatable bonds is 7. The summed E-state index contributed by atoms with van der Waals surface area (Å²) in [5, 5.41) is 3.60. The van der Waals surface area contributed by atoms with E-state index in [4.69, 9.17) is 4.74 Å². The van der Waals surface area contributed by atoms with E-state index in [2.05, 4.69) is 25.0 Å². The van der Waals surface area contributed by atoms with Crippen LogP contribution in [0.5, 0.6) is 5.75 Å². The van der Waals surface area contributed by atoms with Gasteiger partial charge in [0.25, 0.3) is 5.82 Å². The summed E-state index contributed by atoms with van der Waals surface area (Å²) in [5.74, 6) is -2.06. The summed E-state index contributed by atoms with van der Waals surface area (Å²) in [5.41, 5.74) is -1.52. The minimum absolute atomic E-state index is 0.156. The number of halogens is 6. The van der Waals surface area contributed by atoms with E-state index >= 15 is 0 Å². The van der Waals surface area contributed by atoms with E-state index in [9.17, 15) is 34.8 Å². The molecule has 4 aromatic heterocycles. The highest BCUT2D eigenvalue weighted by Crippen LogP contribution is 2.35. The van der Waals surface area contributed by atoms with Gasteiger partial charge in [-0.2, -0.15) is 39.1 Å². The van der Waals surface area contributed by atoms with Crippen molar-refractivity contribution in [3.63, 3.8) is 0 Å². The monoisotopic (exact) mass is 615 g/mol. The first kappa shape index (κ1) is 29.0. The van der Waals surface area contributed by atoms with Gasteiger partial charge in [-0.1, -0.05) is 12.1 Å². The van der Waals surface area contributed by atoms with E-state index in [0.29, 0.717) is 17.4 Å². The first-order chi connectivity index (χ1) is 19.6. The highest BCUT2D eigenvalue weighted by atomic mass is 32.2. The van der Waals surface area contributed by atoms with Crippen LogP contribution in [-0.4, -0.2) is 72.0 Å². The number of hydrogen-bond donors (Lipinski definition) is 0. The number of ether oxygens (including phenoxy) is 1. The molecule has 0 amide bonds. The molecule has 0 N–H and O–H groups in total. The van der Waals surface area contributed by atoms with Gasteiger partial charge in [0.2, 0.25) is 5.78 Å². The molecule has 0 aliphatic rings. The minimum Gasteiger partial charge on any atom is -0.497 e. The highest BCUT2D eigenvalue weighted by Gasteiger charge is 2.39. The topological polar surface area (TPSA) is 125 Å². The fraction of sp³-hybridized carbons (Fsp3) is 0.261. The van der Waals surface area contributed by atoms with Crippen LogP contribution in [0, 0.1) is 0 Å². The molecule has 19 heteroatoms. The molecule has 4 heterocycles. The van der Waals surface area contributed by atoms with E-state index in [-0.39, 0.29) is 23.6 Å². The lowest BCUT2D eigenvalue weighted by atomic mass is 10.2. The van der Waals surface area contributed by atoms with Gasteiger partial charge in [0.15, 0.2) is 5.82 Å². The summed E-state index contributed by atoms with van der Waals surface area (Å²) in [6, 6.07) is 6.94. The van der Waals surface area contributed by atoms with Crippen molar-refractivity contribution in [2.45, 2.75) is 18.9 Å². The summed E-state index contributed by atoms with van der Waals surface area (Å²) in [4.78, 5) is 15.3. The highest BCUT2D eigenvalue weighted by molar-refractivity contribution is 7.87. The predicted molar refractivity (Wildman–Crippen MR) is 133 cm³/mol. The molecule has 0 fully saturated rings. The van der Waals surface area contributed by atoms with Crippen molar-refractivity contribution >= 4 is 16.0 Å². The largest absolute Gasteiger partial charge is 0.497 e. The van der Waals surface area contributed by atoms with Crippen LogP contribution in [0.25, 0.3) is 28.7 Å². The summed E-state index contributed by atoms with van der Waals surface area (Å²) < 4.78 is 115. The smallest absolute Gasteiger partial charge is 0.453 e. The number of benzene rings is 1. The van der Waals surface area contributed by atoms with Crippen molar-refractivity contribution in [1.29, 1.82) is 0 Å². The maximum atomic E-state index is 13.8. The molecule has 42 heavy (non-hydrogen) atoms. The van der Waals surface area contributed by atoms with Gasteiger partial charge >= 0.3 is 22.6 Å². The lowest BCUT2D eigenvalue weighted by molar-refractivity contribution is -0.145. The Balaban J connectivity index is 1.76. The van der Waals surface area contributed by atoms with E-state index < -0.39 is 45.7 Å². The third-order valence-corrected chi connectivity index (χ3v) is 7.60. The SMILES string of the molecule is COc1ccc(Cn2nc(C(F)(F)F)nc2-c2nc3nc(C(F)(F)F)ccn3c2-c2cn(S(=O)(=O)N(C)C)cn2)cc1. The molecule has 0 bridgehead atoms.